The molecule has 1 saturated heterocycles. The Morgan fingerprint density at radius 3 is 2.54 bits per heavy atom. The van der Waals surface area contributed by atoms with Crippen LogP contribution in [0.3, 0.4) is 0 Å². The molecular weight excluding hydrogens is 507 g/mol. The highest BCUT2D eigenvalue weighted by Gasteiger charge is 2.30. The van der Waals surface area contributed by atoms with E-state index in [1.807, 2.05) is 22.6 Å². The number of likely N-dealkylation sites (N-methyl/N-ethyl adjacent to an activating group) is 1. The molecule has 1 aliphatic rings. The van der Waals surface area contributed by atoms with Crippen LogP contribution in [0, 0.1) is 0 Å². The molecular formula is C28H26F3N7O. The molecule has 1 fully saturated rings. The number of benzene rings is 2. The highest BCUT2D eigenvalue weighted by atomic mass is 19.4. The minimum atomic E-state index is -4.42. The van der Waals surface area contributed by atoms with Crippen LogP contribution in [0.1, 0.15) is 21.7 Å². The molecule has 1 aliphatic heterocycles. The Morgan fingerprint density at radius 2 is 1.74 bits per heavy atom. The molecule has 0 atom stereocenters. The summed E-state index contributed by atoms with van der Waals surface area (Å²) in [5.74, 6) is -0.188. The lowest BCUT2D eigenvalue weighted by Crippen LogP contribution is -2.44. The number of H-pyrrole nitrogens is 1. The number of rotatable bonds is 5. The van der Waals surface area contributed by atoms with Crippen molar-refractivity contribution in [2.45, 2.75) is 12.7 Å². The molecule has 2 N–H and O–H groups in total. The molecule has 0 aliphatic carbocycles. The quantitative estimate of drug-likeness (QED) is 0.336. The first-order valence-corrected chi connectivity index (χ1v) is 12.6. The lowest BCUT2D eigenvalue weighted by molar-refractivity contribution is -0.137. The fourth-order valence-corrected chi connectivity index (χ4v) is 4.83. The molecule has 8 nitrogen and oxygen atoms in total. The first kappa shape index (κ1) is 25.1. The molecule has 3 aromatic heterocycles. The lowest BCUT2D eigenvalue weighted by atomic mass is 10.0. The maximum absolute atomic E-state index is 13.1. The maximum atomic E-state index is 13.1. The summed E-state index contributed by atoms with van der Waals surface area (Å²) in [4.78, 5) is 29.7. The molecule has 5 aromatic rings. The Bertz CT molecular complexity index is 1670. The van der Waals surface area contributed by atoms with Crippen molar-refractivity contribution in [1.29, 1.82) is 0 Å². The normalized spacial score (nSPS) is 15.3. The van der Waals surface area contributed by atoms with Crippen LogP contribution >= 0.6 is 0 Å². The van der Waals surface area contributed by atoms with Gasteiger partial charge in [-0.15, -0.1) is 0 Å². The van der Waals surface area contributed by atoms with Gasteiger partial charge >= 0.3 is 6.18 Å². The van der Waals surface area contributed by atoms with Crippen LogP contribution in [0.4, 0.5) is 19.1 Å². The Labute approximate surface area is 222 Å². The zero-order valence-electron chi connectivity index (χ0n) is 21.2. The average molecular weight is 534 g/mol. The first-order valence-electron chi connectivity index (χ1n) is 12.6. The van der Waals surface area contributed by atoms with E-state index < -0.39 is 17.6 Å². The number of imidazole rings is 2. The molecule has 1 amide bonds. The van der Waals surface area contributed by atoms with Gasteiger partial charge in [0.25, 0.3) is 5.91 Å². The Hall–Kier alpha value is -4.22. The van der Waals surface area contributed by atoms with E-state index in [1.165, 1.54) is 6.07 Å². The van der Waals surface area contributed by atoms with E-state index in [-0.39, 0.29) is 11.6 Å². The summed E-state index contributed by atoms with van der Waals surface area (Å²) >= 11 is 0. The van der Waals surface area contributed by atoms with Crippen molar-refractivity contribution in [2.75, 3.05) is 38.5 Å². The van der Waals surface area contributed by atoms with Crippen molar-refractivity contribution in [3.05, 3.63) is 83.8 Å². The number of piperazine rings is 1. The van der Waals surface area contributed by atoms with Gasteiger partial charge in [0.1, 0.15) is 11.3 Å². The standard InChI is InChI=1S/C28H26F3N7O/c1-36-10-12-37(13-11-36)16-21-6-3-7-25-32-24(17-38(21)25)26(39)35-27-33-22-9-8-19(15-23(22)34-27)18-4-2-5-20(14-18)28(29,30)31/h2-9,14-15,17H,10-13,16H2,1H3,(H2,33,34,35,39). The van der Waals surface area contributed by atoms with Gasteiger partial charge in [0.15, 0.2) is 0 Å². The summed E-state index contributed by atoms with van der Waals surface area (Å²) in [6.07, 6.45) is -2.70. The number of carbonyl (C=O) groups is 1. The third kappa shape index (κ3) is 5.23. The van der Waals surface area contributed by atoms with E-state index in [9.17, 15) is 18.0 Å². The largest absolute Gasteiger partial charge is 0.416 e. The smallest absolute Gasteiger partial charge is 0.324 e. The number of aromatic amines is 1. The summed E-state index contributed by atoms with van der Waals surface area (Å²) in [7, 11) is 2.12. The summed E-state index contributed by atoms with van der Waals surface area (Å²) in [5.41, 5.74) is 3.45. The molecule has 0 bridgehead atoms. The minimum absolute atomic E-state index is 0.228. The van der Waals surface area contributed by atoms with Gasteiger partial charge in [0.05, 0.1) is 16.6 Å². The number of hydrogen-bond acceptors (Lipinski definition) is 5. The summed E-state index contributed by atoms with van der Waals surface area (Å²) in [6.45, 7) is 4.77. The number of halogens is 3. The molecule has 4 heterocycles. The van der Waals surface area contributed by atoms with Crippen LogP contribution in [0.5, 0.6) is 0 Å². The second-order valence-electron chi connectivity index (χ2n) is 9.80. The monoisotopic (exact) mass is 533 g/mol. The number of aromatic nitrogens is 4. The van der Waals surface area contributed by atoms with Crippen LogP contribution < -0.4 is 5.32 Å². The number of pyridine rings is 1. The van der Waals surface area contributed by atoms with Gasteiger partial charge < -0.3 is 14.3 Å². The van der Waals surface area contributed by atoms with Crippen LogP contribution in [-0.4, -0.2) is 68.3 Å². The number of nitrogens with zero attached hydrogens (tertiary/aromatic N) is 5. The predicted molar refractivity (Wildman–Crippen MR) is 142 cm³/mol. The number of carbonyl (C=O) groups excluding carboxylic acids is 1. The zero-order chi connectivity index (χ0) is 27.1. The molecule has 11 heteroatoms. The fraction of sp³-hybridized carbons (Fsp3) is 0.250. The topological polar surface area (TPSA) is 81.6 Å². The molecule has 0 spiro atoms. The van der Waals surface area contributed by atoms with Gasteiger partial charge in [-0.2, -0.15) is 13.2 Å². The number of hydrogen-bond donors (Lipinski definition) is 2. The van der Waals surface area contributed by atoms with Gasteiger partial charge in [-0.05, 0) is 54.6 Å². The number of amides is 1. The van der Waals surface area contributed by atoms with Gasteiger partial charge in [-0.25, -0.2) is 9.97 Å². The number of nitrogens with one attached hydrogen (secondary N) is 2. The minimum Gasteiger partial charge on any atom is -0.324 e. The van der Waals surface area contributed by atoms with Crippen LogP contribution in [0.25, 0.3) is 27.8 Å². The van der Waals surface area contributed by atoms with Crippen LogP contribution in [-0.2, 0) is 12.7 Å². The molecule has 39 heavy (non-hydrogen) atoms. The van der Waals surface area contributed by atoms with E-state index in [4.69, 9.17) is 0 Å². The molecule has 0 saturated carbocycles. The highest BCUT2D eigenvalue weighted by molar-refractivity contribution is 6.03. The van der Waals surface area contributed by atoms with Crippen molar-refractivity contribution in [2.24, 2.45) is 0 Å². The Balaban J connectivity index is 1.21. The average Bonchev–Trinajstić information content (AvgIpc) is 3.53. The molecule has 2 aromatic carbocycles. The third-order valence-electron chi connectivity index (χ3n) is 7.03. The van der Waals surface area contributed by atoms with Crippen LogP contribution in [0.15, 0.2) is 66.9 Å². The van der Waals surface area contributed by atoms with Gasteiger partial charge in [-0.3, -0.25) is 15.0 Å². The van der Waals surface area contributed by atoms with Gasteiger partial charge in [-0.1, -0.05) is 24.3 Å². The van der Waals surface area contributed by atoms with E-state index in [0.717, 1.165) is 50.6 Å². The van der Waals surface area contributed by atoms with E-state index in [0.29, 0.717) is 27.8 Å². The Morgan fingerprint density at radius 1 is 0.974 bits per heavy atom. The van der Waals surface area contributed by atoms with Crippen LogP contribution in [0.2, 0.25) is 0 Å². The van der Waals surface area contributed by atoms with Gasteiger partial charge in [0.2, 0.25) is 5.95 Å². The molecule has 6 rings (SSSR count). The number of anilines is 1. The van der Waals surface area contributed by atoms with Crippen molar-refractivity contribution in [3.63, 3.8) is 0 Å². The summed E-state index contributed by atoms with van der Waals surface area (Å²) in [5, 5.41) is 2.76. The summed E-state index contributed by atoms with van der Waals surface area (Å²) in [6, 6.07) is 16.1. The highest BCUT2D eigenvalue weighted by Crippen LogP contribution is 2.33. The Kier molecular flexibility index (Phi) is 6.32. The van der Waals surface area contributed by atoms with E-state index in [2.05, 4.69) is 37.1 Å². The molecule has 200 valence electrons. The second-order valence-corrected chi connectivity index (χ2v) is 9.80. The summed E-state index contributed by atoms with van der Waals surface area (Å²) < 4.78 is 41.4. The second kappa shape index (κ2) is 9.83. The number of alkyl halides is 3. The SMILES string of the molecule is CN1CCN(Cc2cccc3nc(C(=O)Nc4nc5cc(-c6cccc(C(F)(F)F)c6)ccc5[nH]4)cn23)CC1. The van der Waals surface area contributed by atoms with E-state index >= 15 is 0 Å². The fourth-order valence-electron chi connectivity index (χ4n) is 4.83. The van der Waals surface area contributed by atoms with Gasteiger partial charge in [0, 0.05) is 44.6 Å². The number of fused-ring (bicyclic) bond motifs is 2. The van der Waals surface area contributed by atoms with Crippen molar-refractivity contribution >= 4 is 28.5 Å². The van der Waals surface area contributed by atoms with Crippen molar-refractivity contribution < 1.29 is 18.0 Å². The lowest BCUT2D eigenvalue weighted by Gasteiger charge is -2.32. The first-order chi connectivity index (χ1) is 18.7. The predicted octanol–water partition coefficient (Wildman–Crippen LogP) is 4.90. The molecule has 0 radical (unpaired) electrons. The van der Waals surface area contributed by atoms with Crippen molar-refractivity contribution in [3.8, 4) is 11.1 Å². The van der Waals surface area contributed by atoms with E-state index in [1.54, 1.807) is 30.5 Å². The molecule has 0 unspecified atom stereocenters. The zero-order valence-corrected chi connectivity index (χ0v) is 21.2. The van der Waals surface area contributed by atoms with Crippen molar-refractivity contribution in [1.82, 2.24) is 29.2 Å². The third-order valence-corrected chi connectivity index (χ3v) is 7.03. The maximum Gasteiger partial charge on any atom is 0.416 e.